The number of carbonyl (C=O) groups excluding carboxylic acids is 1. The van der Waals surface area contributed by atoms with Gasteiger partial charge in [-0.3, -0.25) is 4.79 Å². The van der Waals surface area contributed by atoms with Gasteiger partial charge in [0, 0.05) is 19.3 Å². The Kier molecular flexibility index (Phi) is 4.49. The van der Waals surface area contributed by atoms with Crippen LogP contribution in [0.2, 0.25) is 0 Å². The van der Waals surface area contributed by atoms with Crippen molar-refractivity contribution in [3.8, 4) is 5.88 Å². The molecule has 0 aromatic carbocycles. The number of methoxy groups -OCH3 is 1. The van der Waals surface area contributed by atoms with Gasteiger partial charge in [0.2, 0.25) is 5.88 Å². The molecule has 1 aliphatic rings. The number of H-pyrrole nitrogens is 1. The highest BCUT2D eigenvalue weighted by molar-refractivity contribution is 5.99. The Bertz CT molecular complexity index is 725. The smallest absolute Gasteiger partial charge is 0.270 e. The van der Waals surface area contributed by atoms with E-state index in [1.165, 1.54) is 0 Å². The monoisotopic (exact) mass is 331 g/mol. The highest BCUT2D eigenvalue weighted by atomic mass is 16.5. The minimum Gasteiger partial charge on any atom is -0.481 e. The number of aromatic nitrogens is 2. The predicted molar refractivity (Wildman–Crippen MR) is 92.2 cm³/mol. The molecule has 0 bridgehead atoms. The topological polar surface area (TPSA) is 78.5 Å². The number of carbonyl (C=O) groups is 1. The Morgan fingerprint density at radius 3 is 2.79 bits per heavy atom. The Morgan fingerprint density at radius 1 is 1.46 bits per heavy atom. The summed E-state index contributed by atoms with van der Waals surface area (Å²) in [5.41, 5.74) is 0.775. The molecule has 0 spiro atoms. The number of piperidine rings is 1. The van der Waals surface area contributed by atoms with Crippen LogP contribution in [0.4, 0.5) is 0 Å². The van der Waals surface area contributed by atoms with E-state index >= 15 is 0 Å². The van der Waals surface area contributed by atoms with Gasteiger partial charge in [0.1, 0.15) is 5.69 Å². The molecule has 0 aliphatic carbocycles. The molecule has 0 radical (unpaired) electrons. The first-order valence-electron chi connectivity index (χ1n) is 8.41. The number of hydrogen-bond acceptors (Lipinski definition) is 4. The van der Waals surface area contributed by atoms with Gasteiger partial charge < -0.3 is 19.7 Å². The average molecular weight is 331 g/mol. The minimum absolute atomic E-state index is 0.00922. The molecule has 3 rings (SSSR count). The van der Waals surface area contributed by atoms with Crippen molar-refractivity contribution in [2.24, 2.45) is 5.92 Å². The largest absolute Gasteiger partial charge is 0.481 e. The molecule has 1 saturated heterocycles. The number of nitrogens with one attached hydrogen (secondary N) is 1. The molecule has 2 aromatic heterocycles. The van der Waals surface area contributed by atoms with Gasteiger partial charge in [-0.25, -0.2) is 4.98 Å². The summed E-state index contributed by atoms with van der Waals surface area (Å²) in [7, 11) is 1.57. The third kappa shape index (κ3) is 3.53. The van der Waals surface area contributed by atoms with Crippen LogP contribution in [0.5, 0.6) is 5.88 Å². The molecular formula is C18H25N3O3. The number of fused-ring (bicyclic) bond motifs is 1. The molecule has 1 fully saturated rings. The molecule has 6 nitrogen and oxygen atoms in total. The average Bonchev–Trinajstić information content (AvgIpc) is 2.97. The SMILES string of the molecule is COc1nccc2[nH]c(C(=O)N3CCC(CC(C)(C)O)CC3)cc12. The van der Waals surface area contributed by atoms with E-state index in [2.05, 4.69) is 9.97 Å². The fourth-order valence-electron chi connectivity index (χ4n) is 3.52. The zero-order valence-corrected chi connectivity index (χ0v) is 14.5. The molecular weight excluding hydrogens is 306 g/mol. The number of amides is 1. The zero-order valence-electron chi connectivity index (χ0n) is 14.5. The van der Waals surface area contributed by atoms with Crippen molar-refractivity contribution >= 4 is 16.8 Å². The molecule has 0 atom stereocenters. The van der Waals surface area contributed by atoms with Gasteiger partial charge >= 0.3 is 0 Å². The van der Waals surface area contributed by atoms with Crippen LogP contribution in [-0.4, -0.2) is 51.7 Å². The first-order valence-corrected chi connectivity index (χ1v) is 8.41. The van der Waals surface area contributed by atoms with Crippen LogP contribution in [0.3, 0.4) is 0 Å². The molecule has 1 amide bonds. The standard InChI is InChI=1S/C18H25N3O3/c1-18(2,23)11-12-5-8-21(9-6-12)17(22)15-10-13-14(20-15)4-7-19-16(13)24-3/h4,7,10,12,20,23H,5-6,8-9,11H2,1-3H3. The predicted octanol–water partition coefficient (Wildman–Crippen LogP) is 2.58. The van der Waals surface area contributed by atoms with E-state index in [-0.39, 0.29) is 5.91 Å². The summed E-state index contributed by atoms with van der Waals surface area (Å²) in [4.78, 5) is 22.0. The Morgan fingerprint density at radius 2 is 2.17 bits per heavy atom. The number of aliphatic hydroxyl groups is 1. The Labute approximate surface area is 141 Å². The van der Waals surface area contributed by atoms with Gasteiger partial charge in [0.15, 0.2) is 0 Å². The van der Waals surface area contributed by atoms with Gasteiger partial charge in [0.05, 0.1) is 23.6 Å². The molecule has 3 heterocycles. The summed E-state index contributed by atoms with van der Waals surface area (Å²) in [6.07, 6.45) is 4.31. The van der Waals surface area contributed by atoms with Crippen LogP contribution >= 0.6 is 0 Å². The van der Waals surface area contributed by atoms with Crippen molar-refractivity contribution < 1.29 is 14.6 Å². The second kappa shape index (κ2) is 6.43. The molecule has 130 valence electrons. The van der Waals surface area contributed by atoms with E-state index < -0.39 is 5.60 Å². The first-order chi connectivity index (χ1) is 11.4. The number of rotatable bonds is 4. The highest BCUT2D eigenvalue weighted by Crippen LogP contribution is 2.28. The van der Waals surface area contributed by atoms with Crippen molar-refractivity contribution in [2.45, 2.75) is 38.7 Å². The lowest BCUT2D eigenvalue weighted by Crippen LogP contribution is -2.40. The van der Waals surface area contributed by atoms with Crippen LogP contribution in [0, 0.1) is 5.92 Å². The maximum atomic E-state index is 12.7. The molecule has 24 heavy (non-hydrogen) atoms. The molecule has 2 N–H and O–H groups in total. The van der Waals surface area contributed by atoms with Crippen LogP contribution in [0.25, 0.3) is 10.9 Å². The molecule has 2 aromatic rings. The first kappa shape index (κ1) is 16.8. The molecule has 6 heteroatoms. The molecule has 0 saturated carbocycles. The van der Waals surface area contributed by atoms with Gasteiger partial charge in [0.25, 0.3) is 5.91 Å². The number of aromatic amines is 1. The summed E-state index contributed by atoms with van der Waals surface area (Å²) in [6.45, 7) is 5.14. The van der Waals surface area contributed by atoms with Gasteiger partial charge in [-0.15, -0.1) is 0 Å². The summed E-state index contributed by atoms with van der Waals surface area (Å²) >= 11 is 0. The number of likely N-dealkylation sites (tertiary alicyclic amines) is 1. The van der Waals surface area contributed by atoms with Crippen molar-refractivity contribution in [2.75, 3.05) is 20.2 Å². The molecule has 1 aliphatic heterocycles. The molecule has 0 unspecified atom stereocenters. The Balaban J connectivity index is 1.70. The highest BCUT2D eigenvalue weighted by Gasteiger charge is 2.28. The maximum absolute atomic E-state index is 12.7. The minimum atomic E-state index is -0.641. The fraction of sp³-hybridized carbons (Fsp3) is 0.556. The lowest BCUT2D eigenvalue weighted by atomic mass is 9.86. The number of hydrogen-bond donors (Lipinski definition) is 2. The maximum Gasteiger partial charge on any atom is 0.270 e. The fourth-order valence-corrected chi connectivity index (χ4v) is 3.52. The lowest BCUT2D eigenvalue weighted by molar-refractivity contribution is 0.0357. The summed E-state index contributed by atoms with van der Waals surface area (Å²) in [6, 6.07) is 3.65. The van der Waals surface area contributed by atoms with Crippen molar-refractivity contribution in [1.29, 1.82) is 0 Å². The zero-order chi connectivity index (χ0) is 17.3. The van der Waals surface area contributed by atoms with Gasteiger partial charge in [-0.1, -0.05) is 0 Å². The third-order valence-corrected chi connectivity index (χ3v) is 4.63. The van der Waals surface area contributed by atoms with E-state index in [4.69, 9.17) is 4.74 Å². The van der Waals surface area contributed by atoms with E-state index in [1.807, 2.05) is 30.9 Å². The quantitative estimate of drug-likeness (QED) is 0.902. The normalized spacial score (nSPS) is 16.6. The van der Waals surface area contributed by atoms with Gasteiger partial charge in [-0.05, 0) is 51.2 Å². The van der Waals surface area contributed by atoms with Crippen LogP contribution in [0.15, 0.2) is 18.3 Å². The van der Waals surface area contributed by atoms with E-state index in [1.54, 1.807) is 13.3 Å². The van der Waals surface area contributed by atoms with Crippen molar-refractivity contribution in [3.63, 3.8) is 0 Å². The Hall–Kier alpha value is -2.08. The van der Waals surface area contributed by atoms with Crippen molar-refractivity contribution in [3.05, 3.63) is 24.0 Å². The number of ether oxygens (including phenoxy) is 1. The second-order valence-corrected chi connectivity index (χ2v) is 7.22. The van der Waals surface area contributed by atoms with Crippen LogP contribution in [-0.2, 0) is 0 Å². The van der Waals surface area contributed by atoms with Gasteiger partial charge in [-0.2, -0.15) is 0 Å². The second-order valence-electron chi connectivity index (χ2n) is 7.22. The van der Waals surface area contributed by atoms with E-state index in [0.717, 1.165) is 43.3 Å². The van der Waals surface area contributed by atoms with E-state index in [9.17, 15) is 9.90 Å². The summed E-state index contributed by atoms with van der Waals surface area (Å²) in [5, 5.41) is 10.8. The number of nitrogens with zero attached hydrogens (tertiary/aromatic N) is 2. The van der Waals surface area contributed by atoms with Crippen LogP contribution in [0.1, 0.15) is 43.6 Å². The third-order valence-electron chi connectivity index (χ3n) is 4.63. The number of pyridine rings is 1. The lowest BCUT2D eigenvalue weighted by Gasteiger charge is -2.34. The van der Waals surface area contributed by atoms with Crippen molar-refractivity contribution in [1.82, 2.24) is 14.9 Å². The van der Waals surface area contributed by atoms with Crippen LogP contribution < -0.4 is 4.74 Å². The van der Waals surface area contributed by atoms with E-state index in [0.29, 0.717) is 17.5 Å². The summed E-state index contributed by atoms with van der Waals surface area (Å²) < 4.78 is 5.25. The summed E-state index contributed by atoms with van der Waals surface area (Å²) in [5.74, 6) is 1.00.